The number of ketones is 1. The average molecular weight is 427 g/mol. The summed E-state index contributed by atoms with van der Waals surface area (Å²) < 4.78 is 5.27. The second-order valence-electron chi connectivity index (χ2n) is 6.02. The van der Waals surface area contributed by atoms with Gasteiger partial charge < -0.3 is 20.9 Å². The molecule has 2 amide bonds. The van der Waals surface area contributed by atoms with E-state index < -0.39 is 36.9 Å². The van der Waals surface area contributed by atoms with Gasteiger partial charge in [-0.1, -0.05) is 0 Å². The molecule has 0 aliphatic heterocycles. The van der Waals surface area contributed by atoms with Gasteiger partial charge in [-0.05, 0) is 60.7 Å². The summed E-state index contributed by atoms with van der Waals surface area (Å²) in [5, 5.41) is 13.4. The first-order chi connectivity index (χ1) is 14.3. The summed E-state index contributed by atoms with van der Waals surface area (Å²) in [5.74, 6) is -2.89. The van der Waals surface area contributed by atoms with Crippen LogP contribution in [0.1, 0.15) is 22.3 Å². The van der Waals surface area contributed by atoms with Crippen molar-refractivity contribution in [2.45, 2.75) is 12.5 Å². The fourth-order valence-corrected chi connectivity index (χ4v) is 2.50. The topological polar surface area (TPSA) is 148 Å². The van der Waals surface area contributed by atoms with Crippen molar-refractivity contribution < 1.29 is 29.0 Å². The maximum Gasteiger partial charge on any atom is 0.326 e. The van der Waals surface area contributed by atoms with Crippen LogP contribution in [-0.2, 0) is 14.4 Å². The second-order valence-corrected chi connectivity index (χ2v) is 6.20. The standard InChI is InChI=1S/C20H17N3O6S/c21-17(24)9-16(20(27)28)23-18(25)10-29-15-7-3-13(4-8-15)19(26)12-1-5-14(6-2-12)22-11-30/h1-8,16H,9-10H2,(H2,21,24)(H,23,25)(H,27,28). The van der Waals surface area contributed by atoms with E-state index in [0.717, 1.165) is 0 Å². The predicted molar refractivity (Wildman–Crippen MR) is 110 cm³/mol. The minimum Gasteiger partial charge on any atom is -0.484 e. The zero-order valence-electron chi connectivity index (χ0n) is 15.5. The minimum atomic E-state index is -1.43. The molecule has 2 aromatic carbocycles. The normalized spacial score (nSPS) is 10.9. The largest absolute Gasteiger partial charge is 0.484 e. The number of benzene rings is 2. The lowest BCUT2D eigenvalue weighted by Crippen LogP contribution is -2.45. The SMILES string of the molecule is NC(=O)CC(NC(=O)COc1ccc(C(=O)c2ccc(N=C=S)cc2)cc1)C(=O)O. The Hall–Kier alpha value is -3.88. The van der Waals surface area contributed by atoms with Gasteiger partial charge >= 0.3 is 5.97 Å². The van der Waals surface area contributed by atoms with E-state index >= 15 is 0 Å². The molecule has 0 radical (unpaired) electrons. The number of nitrogens with zero attached hydrogens (tertiary/aromatic N) is 1. The minimum absolute atomic E-state index is 0.215. The zero-order valence-corrected chi connectivity index (χ0v) is 16.3. The molecule has 9 nitrogen and oxygen atoms in total. The lowest BCUT2D eigenvalue weighted by Gasteiger charge is -2.13. The Morgan fingerprint density at radius 3 is 2.13 bits per heavy atom. The fourth-order valence-electron chi connectivity index (χ4n) is 2.40. The van der Waals surface area contributed by atoms with Gasteiger partial charge in [0, 0.05) is 11.1 Å². The highest BCUT2D eigenvalue weighted by atomic mass is 32.1. The molecule has 30 heavy (non-hydrogen) atoms. The van der Waals surface area contributed by atoms with Gasteiger partial charge in [-0.3, -0.25) is 14.4 Å². The number of thiocarbonyl (C=S) groups is 1. The van der Waals surface area contributed by atoms with Crippen LogP contribution in [0.2, 0.25) is 0 Å². The van der Waals surface area contributed by atoms with Crippen LogP contribution in [0.5, 0.6) is 5.75 Å². The van der Waals surface area contributed by atoms with Crippen molar-refractivity contribution in [1.82, 2.24) is 5.32 Å². The Morgan fingerprint density at radius 2 is 1.63 bits per heavy atom. The number of nitrogens with one attached hydrogen (secondary N) is 1. The number of aliphatic imine (C=N–C) groups is 1. The van der Waals surface area contributed by atoms with Gasteiger partial charge in [0.25, 0.3) is 5.91 Å². The summed E-state index contributed by atoms with van der Waals surface area (Å²) in [6.45, 7) is -0.475. The van der Waals surface area contributed by atoms with Gasteiger partial charge in [-0.15, -0.1) is 0 Å². The highest BCUT2D eigenvalue weighted by molar-refractivity contribution is 7.78. The van der Waals surface area contributed by atoms with E-state index in [0.29, 0.717) is 22.6 Å². The van der Waals surface area contributed by atoms with Crippen LogP contribution in [0.4, 0.5) is 5.69 Å². The first-order valence-electron chi connectivity index (χ1n) is 8.56. The molecule has 2 aromatic rings. The number of rotatable bonds is 10. The van der Waals surface area contributed by atoms with Crippen molar-refractivity contribution >= 4 is 46.6 Å². The van der Waals surface area contributed by atoms with Crippen molar-refractivity contribution in [1.29, 1.82) is 0 Å². The quantitative estimate of drug-likeness (QED) is 0.295. The molecular formula is C20H17N3O6S. The Balaban J connectivity index is 1.94. The highest BCUT2D eigenvalue weighted by Crippen LogP contribution is 2.18. The average Bonchev–Trinajstić information content (AvgIpc) is 2.72. The molecule has 0 bridgehead atoms. The number of aliphatic carboxylic acids is 1. The molecule has 1 atom stereocenters. The number of isothiocyanates is 1. The molecule has 0 heterocycles. The van der Waals surface area contributed by atoms with Crippen molar-refractivity contribution in [3.8, 4) is 5.75 Å². The van der Waals surface area contributed by atoms with E-state index in [4.69, 9.17) is 15.6 Å². The molecule has 0 aliphatic rings. The molecule has 0 spiro atoms. The molecule has 154 valence electrons. The van der Waals surface area contributed by atoms with Crippen LogP contribution in [0.25, 0.3) is 0 Å². The van der Waals surface area contributed by atoms with E-state index in [2.05, 4.69) is 27.7 Å². The van der Waals surface area contributed by atoms with Gasteiger partial charge in [0.15, 0.2) is 12.4 Å². The third-order valence-corrected chi connectivity index (χ3v) is 3.92. The number of hydrogen-bond donors (Lipinski definition) is 3. The summed E-state index contributed by atoms with van der Waals surface area (Å²) in [5.41, 5.74) is 6.40. The molecule has 0 fully saturated rings. The lowest BCUT2D eigenvalue weighted by molar-refractivity contribution is -0.143. The number of hydrogen-bond acceptors (Lipinski definition) is 7. The molecule has 10 heteroatoms. The Bertz CT molecular complexity index is 998. The van der Waals surface area contributed by atoms with Gasteiger partial charge in [0.1, 0.15) is 11.8 Å². The molecule has 0 aliphatic carbocycles. The molecular weight excluding hydrogens is 410 g/mol. The van der Waals surface area contributed by atoms with Crippen molar-refractivity contribution in [2.24, 2.45) is 10.7 Å². The van der Waals surface area contributed by atoms with Crippen molar-refractivity contribution in [2.75, 3.05) is 6.61 Å². The van der Waals surface area contributed by atoms with Crippen LogP contribution in [0, 0.1) is 0 Å². The van der Waals surface area contributed by atoms with Crippen LogP contribution >= 0.6 is 12.2 Å². The molecule has 1 unspecified atom stereocenters. The smallest absolute Gasteiger partial charge is 0.326 e. The first-order valence-corrected chi connectivity index (χ1v) is 8.97. The summed E-state index contributed by atoms with van der Waals surface area (Å²) in [4.78, 5) is 50.0. The summed E-state index contributed by atoms with van der Waals surface area (Å²) >= 11 is 4.53. The number of carbonyl (C=O) groups excluding carboxylic acids is 3. The first kappa shape index (κ1) is 22.4. The predicted octanol–water partition coefficient (Wildman–Crippen LogP) is 1.48. The number of carbonyl (C=O) groups is 4. The number of primary amides is 1. The van der Waals surface area contributed by atoms with E-state index in [1.165, 1.54) is 24.3 Å². The maximum atomic E-state index is 12.5. The molecule has 4 N–H and O–H groups in total. The van der Waals surface area contributed by atoms with E-state index in [9.17, 15) is 19.2 Å². The summed E-state index contributed by atoms with van der Waals surface area (Å²) in [6.07, 6.45) is -0.531. The summed E-state index contributed by atoms with van der Waals surface area (Å²) in [7, 11) is 0. The lowest BCUT2D eigenvalue weighted by atomic mass is 10.0. The maximum absolute atomic E-state index is 12.5. The Kier molecular flexibility index (Phi) is 7.92. The van der Waals surface area contributed by atoms with Crippen molar-refractivity contribution in [3.05, 3.63) is 59.7 Å². The van der Waals surface area contributed by atoms with Crippen LogP contribution in [0.15, 0.2) is 53.5 Å². The molecule has 0 saturated heterocycles. The van der Waals surface area contributed by atoms with Gasteiger partial charge in [-0.25, -0.2) is 4.79 Å². The van der Waals surface area contributed by atoms with Crippen LogP contribution < -0.4 is 15.8 Å². The van der Waals surface area contributed by atoms with Crippen LogP contribution in [-0.4, -0.2) is 46.5 Å². The van der Waals surface area contributed by atoms with Crippen LogP contribution in [0.3, 0.4) is 0 Å². The number of amides is 2. The highest BCUT2D eigenvalue weighted by Gasteiger charge is 2.22. The third kappa shape index (κ3) is 6.62. The van der Waals surface area contributed by atoms with Crippen molar-refractivity contribution in [3.63, 3.8) is 0 Å². The Labute approximate surface area is 176 Å². The van der Waals surface area contributed by atoms with E-state index in [1.54, 1.807) is 24.3 Å². The van der Waals surface area contributed by atoms with Gasteiger partial charge in [-0.2, -0.15) is 4.99 Å². The molecule has 0 aromatic heterocycles. The number of carboxylic acid groups (broad SMARTS) is 1. The third-order valence-electron chi connectivity index (χ3n) is 3.83. The number of nitrogens with two attached hydrogens (primary N) is 1. The second kappa shape index (κ2) is 10.6. The van der Waals surface area contributed by atoms with Gasteiger partial charge in [0.05, 0.1) is 17.3 Å². The molecule has 0 saturated carbocycles. The zero-order chi connectivity index (χ0) is 22.1. The number of carboxylic acids is 1. The fraction of sp³-hybridized carbons (Fsp3) is 0.150. The summed E-state index contributed by atoms with van der Waals surface area (Å²) in [6, 6.07) is 11.2. The van der Waals surface area contributed by atoms with E-state index in [1.807, 2.05) is 0 Å². The van der Waals surface area contributed by atoms with E-state index in [-0.39, 0.29) is 5.78 Å². The van der Waals surface area contributed by atoms with Gasteiger partial charge in [0.2, 0.25) is 5.91 Å². The monoisotopic (exact) mass is 427 g/mol. The number of ether oxygens (including phenoxy) is 1. The molecule has 2 rings (SSSR count). The Morgan fingerprint density at radius 1 is 1.07 bits per heavy atom.